The first-order valence-electron chi connectivity index (χ1n) is 8.15. The molecule has 27 heavy (non-hydrogen) atoms. The lowest BCUT2D eigenvalue weighted by atomic mass is 10.1. The average Bonchev–Trinajstić information content (AvgIpc) is 2.65. The number of alkyl halides is 3. The number of benzene rings is 2. The Morgan fingerprint density at radius 1 is 1.04 bits per heavy atom. The van der Waals surface area contributed by atoms with Crippen LogP contribution >= 0.6 is 0 Å². The van der Waals surface area contributed by atoms with Crippen molar-refractivity contribution in [1.82, 2.24) is 5.32 Å². The minimum atomic E-state index is -4.95. The van der Waals surface area contributed by atoms with E-state index in [0.717, 1.165) is 11.3 Å². The van der Waals surface area contributed by atoms with E-state index in [-0.39, 0.29) is 18.9 Å². The maximum absolute atomic E-state index is 12.3. The Hall–Kier alpha value is -3.03. The zero-order valence-corrected chi connectivity index (χ0v) is 14.6. The van der Waals surface area contributed by atoms with Crippen LogP contribution in [0.15, 0.2) is 48.5 Å². The number of carbonyl (C=O) groups is 2. The molecule has 0 saturated carbocycles. The first kappa shape index (κ1) is 20.3. The highest BCUT2D eigenvalue weighted by molar-refractivity contribution is 5.91. The van der Waals surface area contributed by atoms with E-state index >= 15 is 0 Å². The van der Waals surface area contributed by atoms with Crippen LogP contribution in [0.4, 0.5) is 18.9 Å². The summed E-state index contributed by atoms with van der Waals surface area (Å²) in [6.07, 6.45) is -4.24. The molecule has 0 aliphatic heterocycles. The first-order chi connectivity index (χ1) is 12.8. The van der Waals surface area contributed by atoms with Gasteiger partial charge in [-0.3, -0.25) is 9.59 Å². The van der Waals surface area contributed by atoms with Crippen molar-refractivity contribution in [1.29, 1.82) is 0 Å². The normalized spacial score (nSPS) is 11.0. The number of hydrogen-bond acceptors (Lipinski definition) is 3. The second-order valence-electron chi connectivity index (χ2n) is 5.73. The number of halogens is 3. The lowest BCUT2D eigenvalue weighted by Gasteiger charge is -2.13. The minimum Gasteiger partial charge on any atom is -0.497 e. The molecule has 0 aliphatic rings. The van der Waals surface area contributed by atoms with E-state index in [1.165, 1.54) is 6.07 Å². The Balaban J connectivity index is 1.92. The second kappa shape index (κ2) is 9.07. The molecular formula is C19H19F3N2O3. The molecule has 0 aromatic heterocycles. The van der Waals surface area contributed by atoms with E-state index in [1.54, 1.807) is 42.8 Å². The van der Waals surface area contributed by atoms with Crippen molar-refractivity contribution in [2.45, 2.75) is 25.6 Å². The molecule has 0 atom stereocenters. The number of aryl methyl sites for hydroxylation is 1. The third-order valence-corrected chi connectivity index (χ3v) is 3.79. The van der Waals surface area contributed by atoms with Gasteiger partial charge in [0.2, 0.25) is 5.91 Å². The van der Waals surface area contributed by atoms with Gasteiger partial charge in [-0.2, -0.15) is 13.2 Å². The van der Waals surface area contributed by atoms with Crippen molar-refractivity contribution >= 4 is 17.5 Å². The van der Waals surface area contributed by atoms with Crippen LogP contribution in [-0.2, 0) is 22.6 Å². The molecule has 0 unspecified atom stereocenters. The highest BCUT2D eigenvalue weighted by Gasteiger charge is 2.38. The standard InChI is InChI=1S/C19H19F3N2O3/c1-27-15-9-6-13(7-10-15)8-11-17(25)24-16-5-3-2-4-14(16)12-23-18(26)19(20,21)22/h2-7,9-10H,8,11-12H2,1H3,(H,23,26)(H,24,25). The molecular weight excluding hydrogens is 361 g/mol. The summed E-state index contributed by atoms with van der Waals surface area (Å²) < 4.78 is 41.9. The minimum absolute atomic E-state index is 0.204. The van der Waals surface area contributed by atoms with Crippen LogP contribution in [-0.4, -0.2) is 25.1 Å². The van der Waals surface area contributed by atoms with E-state index in [2.05, 4.69) is 5.32 Å². The molecule has 0 spiro atoms. The molecule has 0 bridgehead atoms. The third kappa shape index (κ3) is 6.32. The molecule has 2 aromatic rings. The predicted molar refractivity (Wildman–Crippen MR) is 94.3 cm³/mol. The van der Waals surface area contributed by atoms with Crippen LogP contribution in [0.1, 0.15) is 17.5 Å². The number of methoxy groups -OCH3 is 1. The Kier molecular flexibility index (Phi) is 6.81. The van der Waals surface area contributed by atoms with E-state index in [9.17, 15) is 22.8 Å². The summed E-state index contributed by atoms with van der Waals surface area (Å²) in [5.41, 5.74) is 1.70. The number of ether oxygens (including phenoxy) is 1. The van der Waals surface area contributed by atoms with Crippen LogP contribution in [0, 0.1) is 0 Å². The Labute approximate surface area is 154 Å². The van der Waals surface area contributed by atoms with Gasteiger partial charge < -0.3 is 15.4 Å². The van der Waals surface area contributed by atoms with Gasteiger partial charge in [0.25, 0.3) is 0 Å². The third-order valence-electron chi connectivity index (χ3n) is 3.79. The van der Waals surface area contributed by atoms with Crippen molar-refractivity contribution in [2.24, 2.45) is 0 Å². The topological polar surface area (TPSA) is 67.4 Å². The summed E-state index contributed by atoms with van der Waals surface area (Å²) in [4.78, 5) is 23.1. The molecule has 2 aromatic carbocycles. The molecule has 0 aliphatic carbocycles. The fourth-order valence-electron chi connectivity index (χ4n) is 2.33. The quantitative estimate of drug-likeness (QED) is 0.773. The van der Waals surface area contributed by atoms with Crippen LogP contribution in [0.3, 0.4) is 0 Å². The molecule has 0 radical (unpaired) electrons. The van der Waals surface area contributed by atoms with E-state index in [0.29, 0.717) is 17.7 Å². The Morgan fingerprint density at radius 3 is 2.33 bits per heavy atom. The largest absolute Gasteiger partial charge is 0.497 e. The summed E-state index contributed by atoms with van der Waals surface area (Å²) >= 11 is 0. The molecule has 2 N–H and O–H groups in total. The number of carbonyl (C=O) groups excluding carboxylic acids is 2. The van der Waals surface area contributed by atoms with Crippen molar-refractivity contribution < 1.29 is 27.5 Å². The van der Waals surface area contributed by atoms with Crippen molar-refractivity contribution in [2.75, 3.05) is 12.4 Å². The number of amides is 2. The molecule has 0 fully saturated rings. The number of nitrogens with one attached hydrogen (secondary N) is 2. The van der Waals surface area contributed by atoms with Gasteiger partial charge in [-0.15, -0.1) is 0 Å². The summed E-state index contributed by atoms with van der Waals surface area (Å²) in [5.74, 6) is -1.58. The molecule has 2 amide bonds. The van der Waals surface area contributed by atoms with Gasteiger partial charge in [-0.25, -0.2) is 0 Å². The van der Waals surface area contributed by atoms with Crippen LogP contribution in [0.2, 0.25) is 0 Å². The summed E-state index contributed by atoms with van der Waals surface area (Å²) in [6.45, 7) is -0.340. The van der Waals surface area contributed by atoms with Gasteiger partial charge in [-0.1, -0.05) is 30.3 Å². The highest BCUT2D eigenvalue weighted by atomic mass is 19.4. The number of para-hydroxylation sites is 1. The summed E-state index contributed by atoms with van der Waals surface area (Å²) in [7, 11) is 1.57. The van der Waals surface area contributed by atoms with Crippen LogP contribution in [0.5, 0.6) is 5.75 Å². The number of rotatable bonds is 7. The highest BCUT2D eigenvalue weighted by Crippen LogP contribution is 2.18. The van der Waals surface area contributed by atoms with Gasteiger partial charge in [0, 0.05) is 18.7 Å². The van der Waals surface area contributed by atoms with Gasteiger partial charge >= 0.3 is 12.1 Å². The fraction of sp³-hybridized carbons (Fsp3) is 0.263. The second-order valence-corrected chi connectivity index (χ2v) is 5.73. The molecule has 8 heteroatoms. The fourth-order valence-corrected chi connectivity index (χ4v) is 2.33. The number of hydrogen-bond donors (Lipinski definition) is 2. The van der Waals surface area contributed by atoms with Crippen LogP contribution in [0.25, 0.3) is 0 Å². The zero-order chi connectivity index (χ0) is 19.9. The number of anilines is 1. The summed E-state index contributed by atoms with van der Waals surface area (Å²) in [6, 6.07) is 13.7. The molecule has 2 rings (SSSR count). The molecule has 0 heterocycles. The van der Waals surface area contributed by atoms with Gasteiger partial charge in [0.1, 0.15) is 5.75 Å². The average molecular weight is 380 g/mol. The van der Waals surface area contributed by atoms with Crippen molar-refractivity contribution in [3.8, 4) is 5.75 Å². The van der Waals surface area contributed by atoms with Crippen molar-refractivity contribution in [3.63, 3.8) is 0 Å². The van der Waals surface area contributed by atoms with Crippen LogP contribution < -0.4 is 15.4 Å². The molecule has 5 nitrogen and oxygen atoms in total. The lowest BCUT2D eigenvalue weighted by molar-refractivity contribution is -0.173. The maximum Gasteiger partial charge on any atom is 0.471 e. The summed E-state index contributed by atoms with van der Waals surface area (Å²) in [5, 5.41) is 4.46. The van der Waals surface area contributed by atoms with Gasteiger partial charge in [0.05, 0.1) is 7.11 Å². The van der Waals surface area contributed by atoms with E-state index in [4.69, 9.17) is 4.74 Å². The smallest absolute Gasteiger partial charge is 0.471 e. The van der Waals surface area contributed by atoms with Gasteiger partial charge in [-0.05, 0) is 35.7 Å². The molecule has 0 saturated heterocycles. The SMILES string of the molecule is COc1ccc(CCC(=O)Nc2ccccc2CNC(=O)C(F)(F)F)cc1. The Morgan fingerprint density at radius 2 is 1.70 bits per heavy atom. The Bertz CT molecular complexity index is 790. The maximum atomic E-state index is 12.3. The zero-order valence-electron chi connectivity index (χ0n) is 14.6. The first-order valence-corrected chi connectivity index (χ1v) is 8.15. The van der Waals surface area contributed by atoms with Gasteiger partial charge in [0.15, 0.2) is 0 Å². The lowest BCUT2D eigenvalue weighted by Crippen LogP contribution is -2.36. The van der Waals surface area contributed by atoms with Crippen molar-refractivity contribution in [3.05, 3.63) is 59.7 Å². The monoisotopic (exact) mass is 380 g/mol. The predicted octanol–water partition coefficient (Wildman–Crippen LogP) is 3.45. The van der Waals surface area contributed by atoms with E-state index < -0.39 is 12.1 Å². The van der Waals surface area contributed by atoms with E-state index in [1.807, 2.05) is 12.1 Å². The molecule has 144 valence electrons.